The molecule has 1 amide bonds. The van der Waals surface area contributed by atoms with Gasteiger partial charge in [-0.15, -0.1) is 0 Å². The van der Waals surface area contributed by atoms with Gasteiger partial charge in [0.1, 0.15) is 0 Å². The largest absolute Gasteiger partial charge is 0.355 e. The first kappa shape index (κ1) is 8.97. The normalized spacial score (nSPS) is 35.5. The van der Waals surface area contributed by atoms with Crippen molar-refractivity contribution in [2.45, 2.75) is 24.8 Å². The van der Waals surface area contributed by atoms with Crippen LogP contribution in [-0.4, -0.2) is 37.6 Å². The molecule has 3 N–H and O–H groups in total. The Hall–Kier alpha value is -0.610. The standard InChI is InChI=1S/C9H17N3O/c13-8-6-12-9(3-5-11-8)2-1-4-10-7-9/h10,12H,1-7H2,(H,11,13). The third-order valence-electron chi connectivity index (χ3n) is 3.02. The molecule has 0 aromatic heterocycles. The highest BCUT2D eigenvalue weighted by Crippen LogP contribution is 2.20. The van der Waals surface area contributed by atoms with Crippen molar-refractivity contribution in [3.63, 3.8) is 0 Å². The fourth-order valence-corrected chi connectivity index (χ4v) is 2.19. The zero-order valence-corrected chi connectivity index (χ0v) is 7.86. The van der Waals surface area contributed by atoms with E-state index in [2.05, 4.69) is 16.0 Å². The summed E-state index contributed by atoms with van der Waals surface area (Å²) in [5, 5.41) is 9.65. The molecule has 0 bridgehead atoms. The van der Waals surface area contributed by atoms with Crippen molar-refractivity contribution in [2.75, 3.05) is 26.2 Å². The monoisotopic (exact) mass is 183 g/mol. The zero-order chi connectivity index (χ0) is 9.15. The number of carbonyl (C=O) groups excluding carboxylic acids is 1. The lowest BCUT2D eigenvalue weighted by Crippen LogP contribution is -2.56. The van der Waals surface area contributed by atoms with Crippen LogP contribution < -0.4 is 16.0 Å². The third-order valence-corrected chi connectivity index (χ3v) is 3.02. The van der Waals surface area contributed by atoms with Gasteiger partial charge in [0.2, 0.25) is 5.91 Å². The molecule has 2 aliphatic heterocycles. The molecule has 13 heavy (non-hydrogen) atoms. The van der Waals surface area contributed by atoms with E-state index in [1.807, 2.05) is 0 Å². The molecule has 2 aliphatic rings. The van der Waals surface area contributed by atoms with Crippen molar-refractivity contribution in [2.24, 2.45) is 0 Å². The van der Waals surface area contributed by atoms with Crippen molar-refractivity contribution in [3.05, 3.63) is 0 Å². The number of carbonyl (C=O) groups is 1. The Kier molecular flexibility index (Phi) is 2.51. The minimum Gasteiger partial charge on any atom is -0.355 e. The molecule has 0 aromatic rings. The van der Waals surface area contributed by atoms with Gasteiger partial charge in [0.15, 0.2) is 0 Å². The Morgan fingerprint density at radius 1 is 1.23 bits per heavy atom. The summed E-state index contributed by atoms with van der Waals surface area (Å²) in [6, 6.07) is 0. The number of hydrogen-bond acceptors (Lipinski definition) is 3. The summed E-state index contributed by atoms with van der Waals surface area (Å²) in [5.74, 6) is 0.127. The van der Waals surface area contributed by atoms with Crippen LogP contribution in [0.3, 0.4) is 0 Å². The van der Waals surface area contributed by atoms with Gasteiger partial charge in [-0.25, -0.2) is 0 Å². The van der Waals surface area contributed by atoms with Gasteiger partial charge in [0.05, 0.1) is 6.54 Å². The molecule has 0 aromatic carbocycles. The predicted molar refractivity (Wildman–Crippen MR) is 50.5 cm³/mol. The van der Waals surface area contributed by atoms with Gasteiger partial charge < -0.3 is 16.0 Å². The van der Waals surface area contributed by atoms with Crippen molar-refractivity contribution in [1.82, 2.24) is 16.0 Å². The number of hydrogen-bond donors (Lipinski definition) is 3. The van der Waals surface area contributed by atoms with Crippen LogP contribution >= 0.6 is 0 Å². The molecule has 0 radical (unpaired) electrons. The predicted octanol–water partition coefficient (Wildman–Crippen LogP) is -0.782. The quantitative estimate of drug-likeness (QED) is 0.462. The maximum atomic E-state index is 11.1. The topological polar surface area (TPSA) is 53.2 Å². The fraction of sp³-hybridized carbons (Fsp3) is 0.889. The Balaban J connectivity index is 1.99. The summed E-state index contributed by atoms with van der Waals surface area (Å²) >= 11 is 0. The van der Waals surface area contributed by atoms with E-state index in [0.29, 0.717) is 6.54 Å². The second-order valence-corrected chi connectivity index (χ2v) is 4.01. The minimum absolute atomic E-state index is 0.127. The Morgan fingerprint density at radius 3 is 2.92 bits per heavy atom. The van der Waals surface area contributed by atoms with E-state index < -0.39 is 0 Å². The highest BCUT2D eigenvalue weighted by molar-refractivity contribution is 5.78. The molecule has 4 heteroatoms. The molecule has 2 saturated heterocycles. The van der Waals surface area contributed by atoms with Gasteiger partial charge in [-0.3, -0.25) is 4.79 Å². The van der Waals surface area contributed by atoms with Gasteiger partial charge in [-0.2, -0.15) is 0 Å². The molecule has 4 nitrogen and oxygen atoms in total. The fourth-order valence-electron chi connectivity index (χ4n) is 2.19. The zero-order valence-electron chi connectivity index (χ0n) is 7.86. The van der Waals surface area contributed by atoms with Gasteiger partial charge >= 0.3 is 0 Å². The highest BCUT2D eigenvalue weighted by atomic mass is 16.1. The maximum Gasteiger partial charge on any atom is 0.233 e. The molecule has 0 aliphatic carbocycles. The lowest BCUT2D eigenvalue weighted by atomic mass is 9.87. The highest BCUT2D eigenvalue weighted by Gasteiger charge is 2.33. The lowest BCUT2D eigenvalue weighted by molar-refractivity contribution is -0.119. The SMILES string of the molecule is O=C1CNC2(CCCNC2)CCN1. The number of amides is 1. The van der Waals surface area contributed by atoms with Gasteiger partial charge in [0, 0.05) is 18.6 Å². The summed E-state index contributed by atoms with van der Waals surface area (Å²) in [4.78, 5) is 11.1. The second kappa shape index (κ2) is 3.64. The minimum atomic E-state index is 0.127. The number of rotatable bonds is 0. The van der Waals surface area contributed by atoms with Crippen LogP contribution in [0.1, 0.15) is 19.3 Å². The van der Waals surface area contributed by atoms with E-state index in [9.17, 15) is 4.79 Å². The smallest absolute Gasteiger partial charge is 0.233 e. The second-order valence-electron chi connectivity index (χ2n) is 4.01. The number of nitrogens with one attached hydrogen (secondary N) is 3. The molecule has 1 unspecified atom stereocenters. The summed E-state index contributed by atoms with van der Waals surface area (Å²) in [6.45, 7) is 3.40. The molecule has 2 heterocycles. The van der Waals surface area contributed by atoms with Gasteiger partial charge in [-0.05, 0) is 25.8 Å². The van der Waals surface area contributed by atoms with Crippen LogP contribution in [-0.2, 0) is 4.79 Å². The molecule has 0 saturated carbocycles. The average molecular weight is 183 g/mol. The molecule has 1 spiro atoms. The first-order valence-electron chi connectivity index (χ1n) is 5.03. The van der Waals surface area contributed by atoms with E-state index in [1.54, 1.807) is 0 Å². The van der Waals surface area contributed by atoms with Crippen LogP contribution in [0.15, 0.2) is 0 Å². The van der Waals surface area contributed by atoms with Crippen LogP contribution in [0.5, 0.6) is 0 Å². The summed E-state index contributed by atoms with van der Waals surface area (Å²) in [6.07, 6.45) is 3.45. The van der Waals surface area contributed by atoms with E-state index in [0.717, 1.165) is 26.1 Å². The molecular formula is C9H17N3O. The first-order chi connectivity index (χ1) is 6.31. The van der Waals surface area contributed by atoms with E-state index >= 15 is 0 Å². The van der Waals surface area contributed by atoms with Crippen molar-refractivity contribution >= 4 is 5.91 Å². The van der Waals surface area contributed by atoms with Crippen LogP contribution in [0, 0.1) is 0 Å². The average Bonchev–Trinajstić information content (AvgIpc) is 2.32. The van der Waals surface area contributed by atoms with E-state index in [-0.39, 0.29) is 11.4 Å². The van der Waals surface area contributed by atoms with E-state index in [1.165, 1.54) is 12.8 Å². The Labute approximate surface area is 78.5 Å². The van der Waals surface area contributed by atoms with Crippen molar-refractivity contribution in [1.29, 1.82) is 0 Å². The molecular weight excluding hydrogens is 166 g/mol. The van der Waals surface area contributed by atoms with Gasteiger partial charge in [0.25, 0.3) is 0 Å². The van der Waals surface area contributed by atoms with E-state index in [4.69, 9.17) is 0 Å². The Bertz CT molecular complexity index is 199. The van der Waals surface area contributed by atoms with Crippen LogP contribution in [0.25, 0.3) is 0 Å². The summed E-state index contributed by atoms with van der Waals surface area (Å²) in [7, 11) is 0. The molecule has 2 fully saturated rings. The van der Waals surface area contributed by atoms with Gasteiger partial charge in [-0.1, -0.05) is 0 Å². The molecule has 2 rings (SSSR count). The maximum absolute atomic E-state index is 11.1. The number of piperidine rings is 1. The van der Waals surface area contributed by atoms with Crippen molar-refractivity contribution < 1.29 is 4.79 Å². The Morgan fingerprint density at radius 2 is 2.15 bits per heavy atom. The summed E-state index contributed by atoms with van der Waals surface area (Å²) < 4.78 is 0. The van der Waals surface area contributed by atoms with Crippen LogP contribution in [0.4, 0.5) is 0 Å². The molecule has 74 valence electrons. The third kappa shape index (κ3) is 2.00. The lowest BCUT2D eigenvalue weighted by Gasteiger charge is -2.37. The first-order valence-corrected chi connectivity index (χ1v) is 5.03. The summed E-state index contributed by atoms with van der Waals surface area (Å²) in [5.41, 5.74) is 0.178. The molecule has 1 atom stereocenters. The van der Waals surface area contributed by atoms with Crippen LogP contribution in [0.2, 0.25) is 0 Å². The van der Waals surface area contributed by atoms with Crippen molar-refractivity contribution in [3.8, 4) is 0 Å².